The number of nitrogens with one attached hydrogen (secondary N) is 1. The van der Waals surface area contributed by atoms with Crippen molar-refractivity contribution in [3.05, 3.63) is 35.4 Å². The third-order valence-electron chi connectivity index (χ3n) is 6.42. The highest BCUT2D eigenvalue weighted by atomic mass is 16.4. The fraction of sp³-hybridized carbons (Fsp3) is 0.571. The predicted octanol–water partition coefficient (Wildman–Crippen LogP) is 1.41. The minimum absolute atomic E-state index is 0.0473. The summed E-state index contributed by atoms with van der Waals surface area (Å²) in [6, 6.07) is 6.93. The molecule has 2 heterocycles. The van der Waals surface area contributed by atoms with Crippen molar-refractivity contribution in [2.24, 2.45) is 11.8 Å². The Kier molecular flexibility index (Phi) is 5.00. The number of benzene rings is 1. The van der Waals surface area contributed by atoms with Gasteiger partial charge in [-0.1, -0.05) is 24.3 Å². The van der Waals surface area contributed by atoms with Gasteiger partial charge in [0.25, 0.3) is 0 Å². The summed E-state index contributed by atoms with van der Waals surface area (Å²) in [5.74, 6) is -1.40. The van der Waals surface area contributed by atoms with Gasteiger partial charge in [-0.25, -0.2) is 4.79 Å². The molecule has 2 saturated heterocycles. The van der Waals surface area contributed by atoms with Gasteiger partial charge in [0.05, 0.1) is 6.04 Å². The summed E-state index contributed by atoms with van der Waals surface area (Å²) < 4.78 is 0. The number of hydrogen-bond acceptors (Lipinski definition) is 4. The third-order valence-corrected chi connectivity index (χ3v) is 6.42. The highest BCUT2D eigenvalue weighted by Gasteiger charge is 2.45. The number of ketones is 1. The van der Waals surface area contributed by atoms with E-state index >= 15 is 0 Å². The summed E-state index contributed by atoms with van der Waals surface area (Å²) in [5, 5.41) is 12.5. The number of fused-ring (bicyclic) bond motifs is 1. The SMILES string of the molecule is O=C(C1CCc2ccccc2C1)C1CCN[C@H]1C(=O)N1CCC[C@H]1C(=O)O. The Morgan fingerprint density at radius 3 is 2.63 bits per heavy atom. The number of amides is 1. The first-order valence-corrected chi connectivity index (χ1v) is 9.93. The van der Waals surface area contributed by atoms with Gasteiger partial charge in [-0.05, 0) is 56.2 Å². The van der Waals surface area contributed by atoms with E-state index in [1.54, 1.807) is 0 Å². The topological polar surface area (TPSA) is 86.7 Å². The lowest BCUT2D eigenvalue weighted by Crippen LogP contribution is -2.52. The maximum atomic E-state index is 13.2. The monoisotopic (exact) mass is 370 g/mol. The van der Waals surface area contributed by atoms with E-state index in [1.807, 2.05) is 12.1 Å². The molecule has 6 nitrogen and oxygen atoms in total. The van der Waals surface area contributed by atoms with E-state index in [1.165, 1.54) is 16.0 Å². The molecule has 0 spiro atoms. The summed E-state index contributed by atoms with van der Waals surface area (Å²) in [6.07, 6.45) is 4.32. The molecule has 0 radical (unpaired) electrons. The van der Waals surface area contributed by atoms with Crippen molar-refractivity contribution in [2.75, 3.05) is 13.1 Å². The number of aliphatic carboxylic acids is 1. The molecule has 0 saturated carbocycles. The lowest BCUT2D eigenvalue weighted by molar-refractivity contribution is -0.149. The van der Waals surface area contributed by atoms with Crippen molar-refractivity contribution in [2.45, 2.75) is 50.6 Å². The van der Waals surface area contributed by atoms with E-state index in [-0.39, 0.29) is 23.5 Å². The van der Waals surface area contributed by atoms with Gasteiger partial charge in [-0.3, -0.25) is 9.59 Å². The van der Waals surface area contributed by atoms with Gasteiger partial charge in [0.2, 0.25) is 5.91 Å². The largest absolute Gasteiger partial charge is 0.480 e. The van der Waals surface area contributed by atoms with Gasteiger partial charge < -0.3 is 15.3 Å². The molecule has 0 aromatic heterocycles. The number of likely N-dealkylation sites (tertiary alicyclic amines) is 1. The first-order chi connectivity index (χ1) is 13.1. The molecule has 2 aliphatic heterocycles. The summed E-state index contributed by atoms with van der Waals surface area (Å²) in [6.45, 7) is 1.09. The Labute approximate surface area is 158 Å². The average molecular weight is 370 g/mol. The van der Waals surface area contributed by atoms with Crippen LogP contribution in [0.4, 0.5) is 0 Å². The van der Waals surface area contributed by atoms with Crippen LogP contribution in [0.2, 0.25) is 0 Å². The first kappa shape index (κ1) is 18.2. The van der Waals surface area contributed by atoms with Crippen LogP contribution in [0.15, 0.2) is 24.3 Å². The number of carboxylic acid groups (broad SMARTS) is 1. The van der Waals surface area contributed by atoms with Crippen LogP contribution in [-0.4, -0.2) is 52.8 Å². The van der Waals surface area contributed by atoms with Crippen LogP contribution < -0.4 is 5.32 Å². The summed E-state index contributed by atoms with van der Waals surface area (Å²) >= 11 is 0. The molecule has 3 aliphatic rings. The fourth-order valence-corrected chi connectivity index (χ4v) is 4.98. The number of carboxylic acids is 1. The van der Waals surface area contributed by atoms with Gasteiger partial charge in [0.1, 0.15) is 11.8 Å². The van der Waals surface area contributed by atoms with Crippen molar-refractivity contribution in [1.82, 2.24) is 10.2 Å². The molecule has 1 aromatic rings. The van der Waals surface area contributed by atoms with Gasteiger partial charge >= 0.3 is 5.97 Å². The van der Waals surface area contributed by atoms with Crippen LogP contribution >= 0.6 is 0 Å². The van der Waals surface area contributed by atoms with Gasteiger partial charge in [0, 0.05) is 18.4 Å². The zero-order chi connectivity index (χ0) is 19.0. The van der Waals surface area contributed by atoms with E-state index in [0.29, 0.717) is 32.4 Å². The number of hydrogen-bond donors (Lipinski definition) is 2. The number of aryl methyl sites for hydroxylation is 1. The average Bonchev–Trinajstić information content (AvgIpc) is 3.36. The Morgan fingerprint density at radius 2 is 1.85 bits per heavy atom. The molecule has 1 amide bonds. The second kappa shape index (κ2) is 7.43. The standard InChI is InChI=1S/C21H26N2O4/c24-19(15-8-7-13-4-1-2-5-14(13)12-15)16-9-10-22-18(16)20(25)23-11-3-6-17(23)21(26)27/h1-2,4-5,15-18,22H,3,6-12H2,(H,26,27)/t15?,16?,17-,18+/m0/s1. The molecule has 27 heavy (non-hydrogen) atoms. The Balaban J connectivity index is 1.47. The number of carbonyl (C=O) groups is 3. The van der Waals surface area contributed by atoms with E-state index in [2.05, 4.69) is 17.4 Å². The Morgan fingerprint density at radius 1 is 1.07 bits per heavy atom. The Bertz CT molecular complexity index is 762. The normalized spacial score (nSPS) is 30.1. The maximum absolute atomic E-state index is 13.2. The second-order valence-electron chi connectivity index (χ2n) is 7.97. The highest BCUT2D eigenvalue weighted by molar-refractivity contribution is 5.94. The van der Waals surface area contributed by atoms with E-state index in [9.17, 15) is 19.5 Å². The molecule has 4 atom stereocenters. The predicted molar refractivity (Wildman–Crippen MR) is 99.2 cm³/mol. The molecule has 144 valence electrons. The van der Waals surface area contributed by atoms with Crippen molar-refractivity contribution in [3.63, 3.8) is 0 Å². The zero-order valence-electron chi connectivity index (χ0n) is 15.4. The molecule has 2 N–H and O–H groups in total. The Hall–Kier alpha value is -2.21. The maximum Gasteiger partial charge on any atom is 0.326 e. The van der Waals surface area contributed by atoms with Crippen molar-refractivity contribution in [3.8, 4) is 0 Å². The molecule has 2 fully saturated rings. The van der Waals surface area contributed by atoms with Crippen LogP contribution in [0.3, 0.4) is 0 Å². The van der Waals surface area contributed by atoms with Gasteiger partial charge in [-0.2, -0.15) is 0 Å². The molecule has 2 unspecified atom stereocenters. The third kappa shape index (κ3) is 3.38. The molecule has 1 aromatic carbocycles. The van der Waals surface area contributed by atoms with Crippen molar-refractivity contribution < 1.29 is 19.5 Å². The minimum Gasteiger partial charge on any atom is -0.480 e. The molecule has 1 aliphatic carbocycles. The van der Waals surface area contributed by atoms with Gasteiger partial charge in [-0.15, -0.1) is 0 Å². The van der Waals surface area contributed by atoms with Crippen LogP contribution in [0.1, 0.15) is 36.8 Å². The van der Waals surface area contributed by atoms with E-state index < -0.39 is 18.1 Å². The second-order valence-corrected chi connectivity index (χ2v) is 7.97. The smallest absolute Gasteiger partial charge is 0.326 e. The molecule has 0 bridgehead atoms. The highest BCUT2D eigenvalue weighted by Crippen LogP contribution is 2.32. The molecular weight excluding hydrogens is 344 g/mol. The lowest BCUT2D eigenvalue weighted by atomic mass is 9.77. The summed E-state index contributed by atoms with van der Waals surface area (Å²) in [5.41, 5.74) is 2.56. The zero-order valence-corrected chi connectivity index (χ0v) is 15.4. The van der Waals surface area contributed by atoms with Crippen LogP contribution in [0.25, 0.3) is 0 Å². The van der Waals surface area contributed by atoms with E-state index in [4.69, 9.17) is 0 Å². The van der Waals surface area contributed by atoms with Crippen LogP contribution in [0.5, 0.6) is 0 Å². The van der Waals surface area contributed by atoms with Crippen molar-refractivity contribution in [1.29, 1.82) is 0 Å². The van der Waals surface area contributed by atoms with Gasteiger partial charge in [0.15, 0.2) is 0 Å². The molecular formula is C21H26N2O4. The first-order valence-electron chi connectivity index (χ1n) is 9.93. The lowest BCUT2D eigenvalue weighted by Gasteiger charge is -2.30. The quantitative estimate of drug-likeness (QED) is 0.837. The number of nitrogens with zero attached hydrogens (tertiary/aromatic N) is 1. The number of Topliss-reactive ketones (excluding diaryl/α,β-unsaturated/α-hetero) is 1. The molecule has 6 heteroatoms. The minimum atomic E-state index is -0.953. The van der Waals surface area contributed by atoms with E-state index in [0.717, 1.165) is 19.3 Å². The fourth-order valence-electron chi connectivity index (χ4n) is 4.98. The summed E-state index contributed by atoms with van der Waals surface area (Å²) in [4.78, 5) is 39.1. The summed E-state index contributed by atoms with van der Waals surface area (Å²) in [7, 11) is 0. The number of carbonyl (C=O) groups excluding carboxylic acids is 2. The van der Waals surface area contributed by atoms with Crippen molar-refractivity contribution >= 4 is 17.7 Å². The van der Waals surface area contributed by atoms with Crippen LogP contribution in [0, 0.1) is 11.8 Å². The molecule has 4 rings (SSSR count). The van der Waals surface area contributed by atoms with Crippen LogP contribution in [-0.2, 0) is 27.2 Å². The number of rotatable bonds is 4.